The van der Waals surface area contributed by atoms with Crippen molar-refractivity contribution in [2.75, 3.05) is 18.0 Å². The molecule has 3 rings (SSSR count). The van der Waals surface area contributed by atoms with E-state index < -0.39 is 10.8 Å². The largest absolute Gasteiger partial charge is 0.354 e. The number of hydrogen-bond donors (Lipinski definition) is 0. The second-order valence-electron chi connectivity index (χ2n) is 5.44. The predicted molar refractivity (Wildman–Crippen MR) is 78.4 cm³/mol. The normalized spacial score (nSPS) is 17.2. The summed E-state index contributed by atoms with van der Waals surface area (Å²) in [5, 5.41) is 24.6. The van der Waals surface area contributed by atoms with Crippen LogP contribution in [0.4, 0.5) is 20.3 Å². The first-order chi connectivity index (χ1) is 10.9. The van der Waals surface area contributed by atoms with Crippen molar-refractivity contribution in [3.63, 3.8) is 0 Å². The molecule has 0 amide bonds. The fourth-order valence-electron chi connectivity index (χ4n) is 2.73. The quantitative estimate of drug-likeness (QED) is 0.640. The molecule has 1 aromatic heterocycles. The Labute approximate surface area is 129 Å². The minimum atomic E-state index is -2.69. The van der Waals surface area contributed by atoms with Crippen LogP contribution in [0.2, 0.25) is 0 Å². The summed E-state index contributed by atoms with van der Waals surface area (Å²) in [4.78, 5) is 12.1. The summed E-state index contributed by atoms with van der Waals surface area (Å²) >= 11 is 0. The number of fused-ring (bicyclic) bond motifs is 1. The molecule has 9 heteroatoms. The molecule has 1 aliphatic heterocycles. The van der Waals surface area contributed by atoms with Gasteiger partial charge < -0.3 is 4.90 Å². The topological polar surface area (TPSA) is 88.0 Å². The molecule has 1 aromatic carbocycles. The second kappa shape index (κ2) is 5.46. The molecule has 0 radical (unpaired) electrons. The lowest BCUT2D eigenvalue weighted by atomic mass is 10.1. The number of non-ortho nitro benzene ring substituents is 1. The number of nitro benzene ring substituents is 1. The van der Waals surface area contributed by atoms with Crippen molar-refractivity contribution in [3.8, 4) is 6.07 Å². The summed E-state index contributed by atoms with van der Waals surface area (Å²) in [6.45, 7) is 0.223. The Morgan fingerprint density at radius 2 is 2.09 bits per heavy atom. The molecule has 1 fully saturated rings. The number of piperidine rings is 1. The second-order valence-corrected chi connectivity index (χ2v) is 5.44. The predicted octanol–water partition coefficient (Wildman–Crippen LogP) is 2.70. The van der Waals surface area contributed by atoms with Crippen LogP contribution in [-0.4, -0.2) is 33.7 Å². The molecule has 0 bridgehead atoms. The lowest BCUT2D eigenvalue weighted by Crippen LogP contribution is -2.39. The molecule has 120 valence electrons. The van der Waals surface area contributed by atoms with Crippen LogP contribution in [0.15, 0.2) is 18.2 Å². The Balaban J connectivity index is 2.06. The Bertz CT molecular complexity index is 801. The van der Waals surface area contributed by atoms with Gasteiger partial charge in [0.25, 0.3) is 11.6 Å². The summed E-state index contributed by atoms with van der Waals surface area (Å²) in [5.74, 6) is -2.28. The smallest absolute Gasteiger partial charge is 0.270 e. The maximum absolute atomic E-state index is 13.3. The first-order valence-electron chi connectivity index (χ1n) is 7.06. The average molecular weight is 321 g/mol. The number of aromatic nitrogens is 2. The Hall–Kier alpha value is -2.76. The maximum atomic E-state index is 13.3. The number of halogens is 2. The average Bonchev–Trinajstić information content (AvgIpc) is 2.86. The van der Waals surface area contributed by atoms with Gasteiger partial charge in [0.2, 0.25) is 0 Å². The molecule has 2 heterocycles. The number of rotatable bonds is 3. The van der Waals surface area contributed by atoms with Gasteiger partial charge in [-0.1, -0.05) is 0 Å². The van der Waals surface area contributed by atoms with Crippen molar-refractivity contribution in [1.82, 2.24) is 9.78 Å². The SMILES string of the molecule is N#CCn1nc(N2CCC(F)(F)CC2)c2cc([N+](=O)[O-])ccc21. The fraction of sp³-hybridized carbons (Fsp3) is 0.429. The monoisotopic (exact) mass is 321 g/mol. The molecule has 2 aromatic rings. The van der Waals surface area contributed by atoms with E-state index >= 15 is 0 Å². The van der Waals surface area contributed by atoms with E-state index in [4.69, 9.17) is 5.26 Å². The van der Waals surface area contributed by atoms with E-state index in [1.165, 1.54) is 22.9 Å². The molecule has 0 unspecified atom stereocenters. The van der Waals surface area contributed by atoms with Crippen LogP contribution in [0, 0.1) is 21.4 Å². The highest BCUT2D eigenvalue weighted by Crippen LogP contribution is 2.34. The van der Waals surface area contributed by atoms with E-state index in [9.17, 15) is 18.9 Å². The minimum Gasteiger partial charge on any atom is -0.354 e. The van der Waals surface area contributed by atoms with Crippen molar-refractivity contribution in [3.05, 3.63) is 28.3 Å². The number of nitriles is 1. The first kappa shape index (κ1) is 15.1. The van der Waals surface area contributed by atoms with Gasteiger partial charge in [0.05, 0.1) is 21.9 Å². The van der Waals surface area contributed by atoms with Crippen LogP contribution < -0.4 is 4.90 Å². The van der Waals surface area contributed by atoms with Gasteiger partial charge in [0, 0.05) is 38.1 Å². The third-order valence-corrected chi connectivity index (χ3v) is 3.94. The van der Waals surface area contributed by atoms with Crippen molar-refractivity contribution in [2.24, 2.45) is 0 Å². The molecule has 23 heavy (non-hydrogen) atoms. The van der Waals surface area contributed by atoms with Crippen molar-refractivity contribution in [2.45, 2.75) is 25.3 Å². The zero-order chi connectivity index (χ0) is 16.6. The molecular weight excluding hydrogens is 308 g/mol. The summed E-state index contributed by atoms with van der Waals surface area (Å²) in [6, 6.07) is 6.21. The third-order valence-electron chi connectivity index (χ3n) is 3.94. The molecule has 0 spiro atoms. The summed E-state index contributed by atoms with van der Waals surface area (Å²) in [6.07, 6.45) is -0.566. The maximum Gasteiger partial charge on any atom is 0.270 e. The fourth-order valence-corrected chi connectivity index (χ4v) is 2.73. The van der Waals surface area contributed by atoms with E-state index in [0.717, 1.165) is 0 Å². The standard InChI is InChI=1S/C14H13F2N5O2/c15-14(16)3-6-19(7-4-14)13-11-9-10(21(22)23)1-2-12(11)20(18-13)8-5-17/h1-2,9H,3-4,6-8H2. The van der Waals surface area contributed by atoms with Gasteiger partial charge in [-0.2, -0.15) is 10.4 Å². The van der Waals surface area contributed by atoms with Gasteiger partial charge in [-0.15, -0.1) is 0 Å². The molecule has 1 saturated heterocycles. The van der Waals surface area contributed by atoms with E-state index in [1.54, 1.807) is 4.90 Å². The Morgan fingerprint density at radius 3 is 2.70 bits per heavy atom. The molecular formula is C14H13F2N5O2. The van der Waals surface area contributed by atoms with Crippen LogP contribution in [0.25, 0.3) is 10.9 Å². The van der Waals surface area contributed by atoms with E-state index in [1.807, 2.05) is 6.07 Å². The molecule has 0 N–H and O–H groups in total. The number of benzene rings is 1. The highest BCUT2D eigenvalue weighted by Gasteiger charge is 2.35. The molecule has 0 aliphatic carbocycles. The number of alkyl halides is 2. The van der Waals surface area contributed by atoms with Crippen LogP contribution in [0.5, 0.6) is 0 Å². The van der Waals surface area contributed by atoms with Crippen molar-refractivity contribution >= 4 is 22.4 Å². The van der Waals surface area contributed by atoms with E-state index in [0.29, 0.717) is 16.7 Å². The molecule has 0 saturated carbocycles. The van der Waals surface area contributed by atoms with Gasteiger partial charge in [-0.25, -0.2) is 13.5 Å². The first-order valence-corrected chi connectivity index (χ1v) is 7.06. The van der Waals surface area contributed by atoms with Crippen molar-refractivity contribution in [1.29, 1.82) is 5.26 Å². The van der Waals surface area contributed by atoms with E-state index in [2.05, 4.69) is 5.10 Å². The minimum absolute atomic E-state index is 0.0156. The van der Waals surface area contributed by atoms with Gasteiger partial charge in [0.15, 0.2) is 5.82 Å². The highest BCUT2D eigenvalue weighted by atomic mass is 19.3. The molecule has 1 aliphatic rings. The van der Waals surface area contributed by atoms with Crippen molar-refractivity contribution < 1.29 is 13.7 Å². The summed E-state index contributed by atoms with van der Waals surface area (Å²) < 4.78 is 28.1. The lowest BCUT2D eigenvalue weighted by molar-refractivity contribution is -0.384. The zero-order valence-corrected chi connectivity index (χ0v) is 12.1. The number of nitrogens with zero attached hydrogens (tertiary/aromatic N) is 5. The van der Waals surface area contributed by atoms with Crippen LogP contribution in [0.1, 0.15) is 12.8 Å². The van der Waals surface area contributed by atoms with Gasteiger partial charge >= 0.3 is 0 Å². The number of nitro groups is 1. The van der Waals surface area contributed by atoms with E-state index in [-0.39, 0.29) is 38.2 Å². The third kappa shape index (κ3) is 2.79. The van der Waals surface area contributed by atoms with Crippen LogP contribution in [-0.2, 0) is 6.54 Å². The summed E-state index contributed by atoms with van der Waals surface area (Å²) in [5.41, 5.74) is 0.474. The Morgan fingerprint density at radius 1 is 1.39 bits per heavy atom. The Kier molecular flexibility index (Phi) is 3.60. The van der Waals surface area contributed by atoms with Gasteiger partial charge in [-0.3, -0.25) is 10.1 Å². The van der Waals surface area contributed by atoms with Crippen LogP contribution >= 0.6 is 0 Å². The van der Waals surface area contributed by atoms with Gasteiger partial charge in [0.1, 0.15) is 6.54 Å². The molecule has 7 nitrogen and oxygen atoms in total. The summed E-state index contributed by atoms with van der Waals surface area (Å²) in [7, 11) is 0. The van der Waals surface area contributed by atoms with Gasteiger partial charge in [-0.05, 0) is 6.07 Å². The molecule has 0 atom stereocenters. The number of anilines is 1. The zero-order valence-electron chi connectivity index (χ0n) is 12.1. The highest BCUT2D eigenvalue weighted by molar-refractivity contribution is 5.92. The van der Waals surface area contributed by atoms with Crippen LogP contribution in [0.3, 0.4) is 0 Å². The number of hydrogen-bond acceptors (Lipinski definition) is 5. The lowest BCUT2D eigenvalue weighted by Gasteiger charge is -2.31.